The van der Waals surface area contributed by atoms with Crippen LogP contribution in [-0.2, 0) is 16.6 Å². The van der Waals surface area contributed by atoms with Crippen molar-refractivity contribution >= 4 is 33.0 Å². The van der Waals surface area contributed by atoms with Crippen molar-refractivity contribution < 1.29 is 13.2 Å². The van der Waals surface area contributed by atoms with E-state index in [1.165, 1.54) is 5.56 Å². The molecule has 0 spiro atoms. The summed E-state index contributed by atoms with van der Waals surface area (Å²) in [7, 11) is -3.39. The van der Waals surface area contributed by atoms with Gasteiger partial charge in [-0.1, -0.05) is 24.3 Å². The van der Waals surface area contributed by atoms with Crippen molar-refractivity contribution in [2.24, 2.45) is 0 Å². The summed E-state index contributed by atoms with van der Waals surface area (Å²) in [4.78, 5) is 20.1. The molecule has 1 unspecified atom stereocenters. The highest BCUT2D eigenvalue weighted by Crippen LogP contribution is 2.32. The van der Waals surface area contributed by atoms with Gasteiger partial charge >= 0.3 is 0 Å². The highest BCUT2D eigenvalue weighted by molar-refractivity contribution is 7.92. The molecule has 2 aromatic carbocycles. The molecule has 9 heteroatoms. The Morgan fingerprint density at radius 3 is 2.18 bits per heavy atom. The van der Waals surface area contributed by atoms with Crippen LogP contribution >= 0.6 is 11.3 Å². The third-order valence-corrected chi connectivity index (χ3v) is 8.42. The van der Waals surface area contributed by atoms with E-state index < -0.39 is 10.0 Å². The molecule has 1 aliphatic heterocycles. The zero-order chi connectivity index (χ0) is 28.2. The van der Waals surface area contributed by atoms with E-state index in [9.17, 15) is 13.2 Å². The largest absolute Gasteiger partial charge is 0.334 e. The van der Waals surface area contributed by atoms with E-state index in [0.717, 1.165) is 50.1 Å². The molecule has 39 heavy (non-hydrogen) atoms. The Morgan fingerprint density at radius 2 is 1.62 bits per heavy atom. The van der Waals surface area contributed by atoms with E-state index in [1.54, 1.807) is 17.4 Å². The van der Waals surface area contributed by atoms with Gasteiger partial charge in [0.25, 0.3) is 5.91 Å². The van der Waals surface area contributed by atoms with Crippen molar-refractivity contribution in [2.75, 3.05) is 37.2 Å². The van der Waals surface area contributed by atoms with Crippen LogP contribution in [0.25, 0.3) is 0 Å². The Morgan fingerprint density at radius 1 is 0.949 bits per heavy atom. The quantitative estimate of drug-likeness (QED) is 0.360. The van der Waals surface area contributed by atoms with Crippen LogP contribution < -0.4 is 4.72 Å². The maximum Gasteiger partial charge on any atom is 0.254 e. The lowest BCUT2D eigenvalue weighted by atomic mass is 9.94. The van der Waals surface area contributed by atoms with Crippen LogP contribution in [0.15, 0.2) is 65.4 Å². The molecule has 7 nitrogen and oxygen atoms in total. The molecule has 1 N–H and O–H groups in total. The van der Waals surface area contributed by atoms with E-state index in [-0.39, 0.29) is 24.0 Å². The Bertz CT molecular complexity index is 1320. The molecule has 1 aliphatic rings. The van der Waals surface area contributed by atoms with Gasteiger partial charge in [0.2, 0.25) is 10.0 Å². The van der Waals surface area contributed by atoms with Crippen LogP contribution in [0, 0.1) is 0 Å². The molecule has 1 saturated heterocycles. The van der Waals surface area contributed by atoms with E-state index in [2.05, 4.69) is 31.3 Å². The van der Waals surface area contributed by atoms with Gasteiger partial charge < -0.3 is 4.90 Å². The third-order valence-electron chi connectivity index (χ3n) is 7.08. The lowest BCUT2D eigenvalue weighted by Gasteiger charge is -2.40. The summed E-state index contributed by atoms with van der Waals surface area (Å²) in [6.07, 6.45) is 1.16. The SMILES string of the molecule is CC(C)N(C(=O)c1ccc(C(c2cccc(NS(C)(=O)=O)c2)N2CCN(Cc3ccsc3)CC2)cc1)C(C)C. The Hall–Kier alpha value is -2.72. The fourth-order valence-corrected chi connectivity index (χ4v) is 6.66. The number of benzene rings is 2. The Balaban J connectivity index is 1.61. The van der Waals surface area contributed by atoms with Crippen LogP contribution in [0.1, 0.15) is 60.8 Å². The van der Waals surface area contributed by atoms with Crippen molar-refractivity contribution in [3.63, 3.8) is 0 Å². The molecule has 210 valence electrons. The number of sulfonamides is 1. The number of hydrogen-bond donors (Lipinski definition) is 1. The molecule has 0 saturated carbocycles. The first-order chi connectivity index (χ1) is 18.5. The van der Waals surface area contributed by atoms with Gasteiger partial charge in [-0.05, 0) is 85.5 Å². The highest BCUT2D eigenvalue weighted by atomic mass is 32.2. The molecule has 1 amide bonds. The smallest absolute Gasteiger partial charge is 0.254 e. The zero-order valence-corrected chi connectivity index (χ0v) is 25.1. The van der Waals surface area contributed by atoms with Gasteiger partial charge in [0, 0.05) is 56.1 Å². The molecular formula is C30H40N4O3S2. The Labute approximate surface area is 237 Å². The maximum absolute atomic E-state index is 13.3. The average Bonchev–Trinajstić information content (AvgIpc) is 3.37. The van der Waals surface area contributed by atoms with Gasteiger partial charge in [0.1, 0.15) is 0 Å². The van der Waals surface area contributed by atoms with E-state index >= 15 is 0 Å². The van der Waals surface area contributed by atoms with Crippen molar-refractivity contribution in [2.45, 2.75) is 52.4 Å². The average molecular weight is 569 g/mol. The van der Waals surface area contributed by atoms with Crippen LogP contribution in [0.3, 0.4) is 0 Å². The van der Waals surface area contributed by atoms with Crippen molar-refractivity contribution in [1.29, 1.82) is 0 Å². The topological polar surface area (TPSA) is 73.0 Å². The summed E-state index contributed by atoms with van der Waals surface area (Å²) in [5.41, 5.74) is 4.66. The summed E-state index contributed by atoms with van der Waals surface area (Å²) in [6.45, 7) is 12.8. The number of thiophene rings is 1. The van der Waals surface area contributed by atoms with Crippen LogP contribution in [0.5, 0.6) is 0 Å². The van der Waals surface area contributed by atoms with Gasteiger partial charge in [0.15, 0.2) is 0 Å². The number of anilines is 1. The van der Waals surface area contributed by atoms with Gasteiger partial charge in [-0.2, -0.15) is 11.3 Å². The molecule has 0 bridgehead atoms. The number of amides is 1. The molecule has 0 radical (unpaired) electrons. The predicted octanol–water partition coefficient (Wildman–Crippen LogP) is 5.29. The maximum atomic E-state index is 13.3. The lowest BCUT2D eigenvalue weighted by Crippen LogP contribution is -2.47. The second-order valence-electron chi connectivity index (χ2n) is 10.9. The number of rotatable bonds is 10. The summed E-state index contributed by atoms with van der Waals surface area (Å²) in [5.74, 6) is 0.0319. The number of hydrogen-bond acceptors (Lipinski definition) is 6. The summed E-state index contributed by atoms with van der Waals surface area (Å²) < 4.78 is 26.4. The number of piperazine rings is 1. The second kappa shape index (κ2) is 12.6. The minimum Gasteiger partial charge on any atom is -0.334 e. The summed E-state index contributed by atoms with van der Waals surface area (Å²) in [5, 5.41) is 4.33. The predicted molar refractivity (Wildman–Crippen MR) is 161 cm³/mol. The van der Waals surface area contributed by atoms with E-state index in [1.807, 2.05) is 75.1 Å². The van der Waals surface area contributed by atoms with Crippen molar-refractivity contribution in [1.82, 2.24) is 14.7 Å². The minimum atomic E-state index is -3.39. The van der Waals surface area contributed by atoms with Gasteiger partial charge in [0.05, 0.1) is 12.3 Å². The first-order valence-corrected chi connectivity index (χ1v) is 16.3. The zero-order valence-electron chi connectivity index (χ0n) is 23.5. The first kappa shape index (κ1) is 29.3. The van der Waals surface area contributed by atoms with Crippen molar-refractivity contribution in [3.8, 4) is 0 Å². The van der Waals surface area contributed by atoms with Crippen molar-refractivity contribution in [3.05, 3.63) is 87.6 Å². The normalized spacial score (nSPS) is 16.0. The molecular weight excluding hydrogens is 528 g/mol. The second-order valence-corrected chi connectivity index (χ2v) is 13.4. The van der Waals surface area contributed by atoms with Gasteiger partial charge in [-0.3, -0.25) is 19.3 Å². The standard InChI is InChI=1S/C30H40N4O3S2/c1-22(2)34(23(3)4)30(35)26-11-9-25(10-12-26)29(27-7-6-8-28(19-27)31-39(5,36)37)33-16-14-32(15-17-33)20-24-13-18-38-21-24/h6-13,18-19,21-23,29,31H,14-17,20H2,1-5H3. The summed E-state index contributed by atoms with van der Waals surface area (Å²) >= 11 is 1.73. The molecule has 2 heterocycles. The lowest BCUT2D eigenvalue weighted by molar-refractivity contribution is 0.0643. The number of carbonyl (C=O) groups excluding carboxylic acids is 1. The van der Waals surface area contributed by atoms with Crippen LogP contribution in [0.4, 0.5) is 5.69 Å². The monoisotopic (exact) mass is 568 g/mol. The van der Waals surface area contributed by atoms with Gasteiger partial charge in [-0.25, -0.2) is 8.42 Å². The number of carbonyl (C=O) groups is 1. The fraction of sp³-hybridized carbons (Fsp3) is 0.433. The number of nitrogens with one attached hydrogen (secondary N) is 1. The molecule has 3 aromatic rings. The molecule has 1 fully saturated rings. The van der Waals surface area contributed by atoms with E-state index in [0.29, 0.717) is 11.3 Å². The van der Waals surface area contributed by atoms with Crippen LogP contribution in [-0.4, -0.2) is 73.5 Å². The third kappa shape index (κ3) is 7.69. The number of nitrogens with zero attached hydrogens (tertiary/aromatic N) is 3. The molecule has 1 aromatic heterocycles. The fourth-order valence-electron chi connectivity index (χ4n) is 5.44. The Kier molecular flexibility index (Phi) is 9.48. The minimum absolute atomic E-state index is 0.0319. The molecule has 0 aliphatic carbocycles. The molecule has 4 rings (SSSR count). The highest BCUT2D eigenvalue weighted by Gasteiger charge is 2.28. The first-order valence-electron chi connectivity index (χ1n) is 13.5. The van der Waals surface area contributed by atoms with E-state index in [4.69, 9.17) is 0 Å². The molecule has 1 atom stereocenters. The van der Waals surface area contributed by atoms with Crippen LogP contribution in [0.2, 0.25) is 0 Å². The summed E-state index contributed by atoms with van der Waals surface area (Å²) in [6, 6.07) is 17.9. The van der Waals surface area contributed by atoms with Gasteiger partial charge in [-0.15, -0.1) is 0 Å².